The van der Waals surface area contributed by atoms with Gasteiger partial charge >= 0.3 is 0 Å². The number of hydrogen-bond acceptors (Lipinski definition) is 6. The lowest BCUT2D eigenvalue weighted by atomic mass is 10.00. The Hall–Kier alpha value is -10.1. The Kier molecular flexibility index (Phi) is 8.55. The van der Waals surface area contributed by atoms with Crippen molar-refractivity contribution in [2.24, 2.45) is 0 Å². The molecule has 0 spiro atoms. The van der Waals surface area contributed by atoms with E-state index in [-0.39, 0.29) is 0 Å². The smallest absolute Gasteiger partial charge is 0.167 e. The Balaban J connectivity index is 1.06. The largest absolute Gasteiger partial charge is 0.456 e. The summed E-state index contributed by atoms with van der Waals surface area (Å²) in [5, 5.41) is 19.8. The van der Waals surface area contributed by atoms with Crippen LogP contribution in [0.2, 0.25) is 0 Å². The third-order valence-corrected chi connectivity index (χ3v) is 14.2. The average molecular weight is 921 g/mol. The molecule has 334 valence electrons. The number of aromatic nitrogens is 5. The number of rotatable bonds is 6. The summed E-state index contributed by atoms with van der Waals surface area (Å²) < 4.78 is 17.9. The molecule has 0 bridgehead atoms. The maximum absolute atomic E-state index is 11.6. The molecule has 0 saturated heterocycles. The zero-order chi connectivity index (χ0) is 47.4. The van der Waals surface area contributed by atoms with Crippen molar-refractivity contribution in [1.29, 1.82) is 5.26 Å². The van der Waals surface area contributed by atoms with Gasteiger partial charge < -0.3 is 18.0 Å². The molecule has 0 fully saturated rings. The summed E-state index contributed by atoms with van der Waals surface area (Å²) in [5.41, 5.74) is 13.6. The zero-order valence-electron chi connectivity index (χ0n) is 38.3. The maximum Gasteiger partial charge on any atom is 0.167 e. The van der Waals surface area contributed by atoms with Gasteiger partial charge in [-0.25, -0.2) is 15.0 Å². The Labute approximate surface area is 410 Å². The number of para-hydroxylation sites is 4. The van der Waals surface area contributed by atoms with Crippen LogP contribution in [-0.2, 0) is 0 Å². The van der Waals surface area contributed by atoms with Crippen LogP contribution in [0.1, 0.15) is 5.56 Å². The van der Waals surface area contributed by atoms with Gasteiger partial charge in [0.15, 0.2) is 17.5 Å². The molecule has 0 aliphatic carbocycles. The van der Waals surface area contributed by atoms with E-state index in [1.807, 2.05) is 103 Å². The molecular formula is C64H36N6O2. The van der Waals surface area contributed by atoms with E-state index in [1.54, 1.807) is 0 Å². The predicted octanol–water partition coefficient (Wildman–Crippen LogP) is 16.4. The number of hydrogen-bond donors (Lipinski definition) is 0. The molecule has 0 aliphatic heterocycles. The first kappa shape index (κ1) is 39.9. The number of nitriles is 1. The van der Waals surface area contributed by atoms with E-state index in [1.165, 1.54) is 0 Å². The van der Waals surface area contributed by atoms with Crippen molar-refractivity contribution in [3.05, 3.63) is 224 Å². The lowest BCUT2D eigenvalue weighted by Crippen LogP contribution is -2.03. The predicted molar refractivity (Wildman–Crippen MR) is 290 cm³/mol. The first-order valence-corrected chi connectivity index (χ1v) is 23.9. The Morgan fingerprint density at radius 1 is 0.361 bits per heavy atom. The van der Waals surface area contributed by atoms with Crippen LogP contribution in [0.4, 0.5) is 0 Å². The SMILES string of the molecule is N#Cc1cc(-c2nc(-c3ccccc3)nc(-c3ccccc3)n2)c2oc3ccccc3c2c1-n1c2ccc(-c3ccc4oc5ccccc5c4c3)cc2c2cc3c4ccccc4n(-c4ccccc4)c3cc21. The summed E-state index contributed by atoms with van der Waals surface area (Å²) in [6.07, 6.45) is 0. The van der Waals surface area contributed by atoms with Gasteiger partial charge in [-0.3, -0.25) is 0 Å². The number of furan rings is 2. The average Bonchev–Trinajstić information content (AvgIpc) is 4.20. The number of benzene rings is 10. The standard InChI is InChI=1S/C64H36N6O2/c65-37-42-34-51(64-67-62(38-16-4-1-5-17-38)66-63(68-64)39-18-6-2-7-19-39)61-59(46-24-12-15-27-57(46)72-61)60(42)70-53-30-28-40(41-29-31-58-50(33-41)45-23-11-14-26-56(45)71-58)32-47(53)49-35-48-44-22-10-13-25-52(44)69(54(48)36-55(49)70)43-20-8-3-9-21-43/h1-36H. The van der Waals surface area contributed by atoms with Crippen molar-refractivity contribution in [2.75, 3.05) is 0 Å². The molecule has 10 aromatic carbocycles. The summed E-state index contributed by atoms with van der Waals surface area (Å²) in [6.45, 7) is 0. The second kappa shape index (κ2) is 15.5. The first-order valence-electron chi connectivity index (χ1n) is 23.9. The summed E-state index contributed by atoms with van der Waals surface area (Å²) in [5.74, 6) is 1.43. The molecule has 15 aromatic rings. The number of fused-ring (bicyclic) bond motifs is 12. The molecule has 0 radical (unpaired) electrons. The molecule has 8 heteroatoms. The van der Waals surface area contributed by atoms with E-state index in [9.17, 15) is 5.26 Å². The molecule has 0 N–H and O–H groups in total. The highest BCUT2D eigenvalue weighted by molar-refractivity contribution is 6.22. The van der Waals surface area contributed by atoms with Crippen molar-refractivity contribution in [3.63, 3.8) is 0 Å². The van der Waals surface area contributed by atoms with Crippen LogP contribution in [-0.4, -0.2) is 24.1 Å². The van der Waals surface area contributed by atoms with Gasteiger partial charge in [0.05, 0.1) is 44.3 Å². The van der Waals surface area contributed by atoms with Crippen molar-refractivity contribution in [2.45, 2.75) is 0 Å². The highest BCUT2D eigenvalue weighted by Gasteiger charge is 2.27. The molecule has 5 heterocycles. The minimum Gasteiger partial charge on any atom is -0.456 e. The van der Waals surface area contributed by atoms with Crippen molar-refractivity contribution in [1.82, 2.24) is 24.1 Å². The maximum atomic E-state index is 11.6. The Morgan fingerprint density at radius 3 is 1.61 bits per heavy atom. The van der Waals surface area contributed by atoms with Gasteiger partial charge in [0.2, 0.25) is 0 Å². The highest BCUT2D eigenvalue weighted by Crippen LogP contribution is 2.47. The first-order chi connectivity index (χ1) is 35.6. The van der Waals surface area contributed by atoms with E-state index in [0.717, 1.165) is 104 Å². The van der Waals surface area contributed by atoms with Crippen LogP contribution >= 0.6 is 0 Å². The van der Waals surface area contributed by atoms with Crippen LogP contribution in [0.25, 0.3) is 144 Å². The Bertz CT molecular complexity index is 4690. The molecule has 0 unspecified atom stereocenters. The molecular weight excluding hydrogens is 885 g/mol. The van der Waals surface area contributed by atoms with Crippen LogP contribution < -0.4 is 0 Å². The van der Waals surface area contributed by atoms with Gasteiger partial charge in [-0.1, -0.05) is 146 Å². The van der Waals surface area contributed by atoms with Crippen molar-refractivity contribution >= 4 is 87.5 Å². The molecule has 5 aromatic heterocycles. The van der Waals surface area contributed by atoms with Crippen LogP contribution in [0.5, 0.6) is 0 Å². The van der Waals surface area contributed by atoms with E-state index in [0.29, 0.717) is 45.5 Å². The van der Waals surface area contributed by atoms with Crippen LogP contribution in [0.15, 0.2) is 227 Å². The molecule has 8 nitrogen and oxygen atoms in total. The van der Waals surface area contributed by atoms with Crippen molar-refractivity contribution < 1.29 is 8.83 Å². The minimum absolute atomic E-state index is 0.401. The topological polar surface area (TPSA) is 98.6 Å². The molecule has 0 saturated carbocycles. The fraction of sp³-hybridized carbons (Fsp3) is 0. The lowest BCUT2D eigenvalue weighted by Gasteiger charge is -2.15. The third-order valence-electron chi connectivity index (χ3n) is 14.2. The normalized spacial score (nSPS) is 11.9. The second-order valence-electron chi connectivity index (χ2n) is 18.2. The molecule has 0 aliphatic rings. The van der Waals surface area contributed by atoms with E-state index in [4.69, 9.17) is 23.8 Å². The fourth-order valence-electron chi connectivity index (χ4n) is 11.0. The van der Waals surface area contributed by atoms with E-state index in [2.05, 4.69) is 130 Å². The van der Waals surface area contributed by atoms with Gasteiger partial charge in [-0.15, -0.1) is 0 Å². The molecule has 72 heavy (non-hydrogen) atoms. The summed E-state index contributed by atoms with van der Waals surface area (Å²) in [6, 6.07) is 77.5. The summed E-state index contributed by atoms with van der Waals surface area (Å²) in [7, 11) is 0. The van der Waals surface area contributed by atoms with E-state index >= 15 is 0 Å². The monoisotopic (exact) mass is 920 g/mol. The quantitative estimate of drug-likeness (QED) is 0.165. The lowest BCUT2D eigenvalue weighted by molar-refractivity contribution is 0.668. The highest BCUT2D eigenvalue weighted by atomic mass is 16.3. The summed E-state index contributed by atoms with van der Waals surface area (Å²) >= 11 is 0. The third kappa shape index (κ3) is 5.95. The van der Waals surface area contributed by atoms with Crippen LogP contribution in [0.3, 0.4) is 0 Å². The second-order valence-corrected chi connectivity index (χ2v) is 18.2. The minimum atomic E-state index is 0.401. The van der Waals surface area contributed by atoms with Gasteiger partial charge in [0, 0.05) is 54.5 Å². The molecule has 0 atom stereocenters. The van der Waals surface area contributed by atoms with Gasteiger partial charge in [0.25, 0.3) is 0 Å². The fourth-order valence-corrected chi connectivity index (χ4v) is 11.0. The van der Waals surface area contributed by atoms with E-state index < -0.39 is 0 Å². The zero-order valence-corrected chi connectivity index (χ0v) is 38.3. The van der Waals surface area contributed by atoms with Gasteiger partial charge in [-0.05, 0) is 83.9 Å². The van der Waals surface area contributed by atoms with Crippen LogP contribution in [0, 0.1) is 11.3 Å². The van der Waals surface area contributed by atoms with Crippen molar-refractivity contribution in [3.8, 4) is 62.7 Å². The summed E-state index contributed by atoms with van der Waals surface area (Å²) in [4.78, 5) is 15.3. The molecule has 0 amide bonds. The van der Waals surface area contributed by atoms with Gasteiger partial charge in [-0.2, -0.15) is 5.26 Å². The van der Waals surface area contributed by atoms with Gasteiger partial charge in [0.1, 0.15) is 28.4 Å². The molecule has 15 rings (SSSR count). The number of nitrogens with zero attached hydrogens (tertiary/aromatic N) is 6. The Morgan fingerprint density at radius 2 is 0.889 bits per heavy atom.